The summed E-state index contributed by atoms with van der Waals surface area (Å²) in [6.07, 6.45) is 1.55. The van der Waals surface area contributed by atoms with E-state index < -0.39 is 29.8 Å². The highest BCUT2D eigenvalue weighted by molar-refractivity contribution is 5.83. The number of hydrogen-bond acceptors (Lipinski definition) is 5. The normalized spacial score (nSPS) is 13.6. The van der Waals surface area contributed by atoms with Crippen LogP contribution in [0.15, 0.2) is 43.1 Å². The number of esters is 1. The molecule has 2 rings (SSSR count). The van der Waals surface area contributed by atoms with Crippen LogP contribution in [0.2, 0.25) is 0 Å². The summed E-state index contributed by atoms with van der Waals surface area (Å²) in [5.41, 5.74) is 1.19. The minimum atomic E-state index is -1.14. The van der Waals surface area contributed by atoms with Crippen LogP contribution in [0, 0.1) is 0 Å². The second-order valence-corrected chi connectivity index (χ2v) is 7.56. The van der Waals surface area contributed by atoms with Crippen LogP contribution in [-0.2, 0) is 20.7 Å². The Morgan fingerprint density at radius 1 is 1.32 bits per heavy atom. The van der Waals surface area contributed by atoms with E-state index in [1.54, 1.807) is 20.8 Å². The van der Waals surface area contributed by atoms with Crippen molar-refractivity contribution < 1.29 is 24.2 Å². The van der Waals surface area contributed by atoms with Gasteiger partial charge >= 0.3 is 12.1 Å². The smallest absolute Gasteiger partial charge is 0.407 e. The fraction of sp³-hybridized carbons (Fsp3) is 0.429. The Bertz CT molecular complexity index is 822. The molecule has 152 valence electrons. The number of aliphatic hydroxyl groups is 1. The molecule has 7 nitrogen and oxygen atoms in total. The molecule has 0 aliphatic rings. The first-order valence-electron chi connectivity index (χ1n) is 9.18. The van der Waals surface area contributed by atoms with E-state index in [1.807, 2.05) is 30.5 Å². The molecule has 0 spiro atoms. The summed E-state index contributed by atoms with van der Waals surface area (Å²) in [7, 11) is 0. The third-order valence-corrected chi connectivity index (χ3v) is 4.02. The second-order valence-electron chi connectivity index (χ2n) is 7.56. The minimum Gasteiger partial charge on any atom is -0.461 e. The molecule has 1 amide bonds. The number of aromatic nitrogens is 1. The minimum absolute atomic E-state index is 0.0676. The van der Waals surface area contributed by atoms with E-state index in [0.29, 0.717) is 6.42 Å². The number of hydrogen-bond donors (Lipinski definition) is 3. The van der Waals surface area contributed by atoms with Crippen LogP contribution in [0.5, 0.6) is 0 Å². The monoisotopic (exact) mass is 388 g/mol. The zero-order valence-electron chi connectivity index (χ0n) is 16.5. The van der Waals surface area contributed by atoms with Gasteiger partial charge in [-0.2, -0.15) is 0 Å². The highest BCUT2D eigenvalue weighted by Crippen LogP contribution is 2.21. The topological polar surface area (TPSA) is 101 Å². The standard InChI is InChI=1S/C21H28N2O5/c1-5-10-27-19(25)12-18(24)17(23-20(26)28-21(2,3)4)11-14-13-22-16-9-7-6-8-15(14)16/h5-9,13,17-18,22,24H,1,10-12H2,2-4H3,(H,23,26)/t17-,18-/m0/s1. The van der Waals surface area contributed by atoms with Gasteiger partial charge in [-0.25, -0.2) is 4.79 Å². The quantitative estimate of drug-likeness (QED) is 0.477. The lowest BCUT2D eigenvalue weighted by molar-refractivity contribution is -0.145. The molecular formula is C21H28N2O5. The van der Waals surface area contributed by atoms with Gasteiger partial charge < -0.3 is 24.9 Å². The summed E-state index contributed by atoms with van der Waals surface area (Å²) in [5.74, 6) is -0.567. The molecule has 0 saturated carbocycles. The fourth-order valence-corrected chi connectivity index (χ4v) is 2.80. The van der Waals surface area contributed by atoms with Crippen LogP contribution in [0.1, 0.15) is 32.8 Å². The van der Waals surface area contributed by atoms with Crippen molar-refractivity contribution >= 4 is 23.0 Å². The zero-order chi connectivity index (χ0) is 20.7. The average Bonchev–Trinajstić information content (AvgIpc) is 3.01. The van der Waals surface area contributed by atoms with Crippen molar-refractivity contribution in [2.45, 2.75) is 51.4 Å². The summed E-state index contributed by atoms with van der Waals surface area (Å²) < 4.78 is 10.2. The Balaban J connectivity index is 2.16. The molecule has 0 bridgehead atoms. The molecule has 2 atom stereocenters. The molecule has 28 heavy (non-hydrogen) atoms. The van der Waals surface area contributed by atoms with Crippen LogP contribution in [0.25, 0.3) is 10.9 Å². The maximum Gasteiger partial charge on any atom is 0.407 e. The number of fused-ring (bicyclic) bond motifs is 1. The number of benzene rings is 1. The Morgan fingerprint density at radius 2 is 2.04 bits per heavy atom. The summed E-state index contributed by atoms with van der Waals surface area (Å²) in [6, 6.07) is 7.00. The lowest BCUT2D eigenvalue weighted by Crippen LogP contribution is -2.47. The Hall–Kier alpha value is -2.80. The Kier molecular flexibility index (Phi) is 7.23. The van der Waals surface area contributed by atoms with Gasteiger partial charge in [0.05, 0.1) is 18.6 Å². The number of ether oxygens (including phenoxy) is 2. The van der Waals surface area contributed by atoms with Crippen molar-refractivity contribution in [3.8, 4) is 0 Å². The third-order valence-electron chi connectivity index (χ3n) is 4.02. The summed E-state index contributed by atoms with van der Waals surface area (Å²) in [5, 5.41) is 14.3. The van der Waals surface area contributed by atoms with Gasteiger partial charge in [0, 0.05) is 17.1 Å². The number of carbonyl (C=O) groups is 2. The number of alkyl carbamates (subject to hydrolysis) is 1. The SMILES string of the molecule is C=CCOC(=O)C[C@H](O)[C@H](Cc1c[nH]c2ccccc12)NC(=O)OC(C)(C)C. The van der Waals surface area contributed by atoms with Gasteiger partial charge in [-0.3, -0.25) is 4.79 Å². The van der Waals surface area contributed by atoms with Gasteiger partial charge in [0.1, 0.15) is 12.2 Å². The van der Waals surface area contributed by atoms with E-state index in [4.69, 9.17) is 9.47 Å². The number of H-pyrrole nitrogens is 1. The predicted octanol–water partition coefficient (Wildman–Crippen LogP) is 3.08. The Morgan fingerprint density at radius 3 is 2.71 bits per heavy atom. The highest BCUT2D eigenvalue weighted by atomic mass is 16.6. The number of nitrogens with one attached hydrogen (secondary N) is 2. The summed E-state index contributed by atoms with van der Waals surface area (Å²) in [6.45, 7) is 8.81. The first-order valence-corrected chi connectivity index (χ1v) is 9.18. The van der Waals surface area contributed by atoms with Gasteiger partial charge in [0.15, 0.2) is 0 Å². The number of aromatic amines is 1. The zero-order valence-corrected chi connectivity index (χ0v) is 16.5. The molecule has 3 N–H and O–H groups in total. The lowest BCUT2D eigenvalue weighted by atomic mass is 9.99. The van der Waals surface area contributed by atoms with Crippen LogP contribution < -0.4 is 5.32 Å². The van der Waals surface area contributed by atoms with E-state index in [1.165, 1.54) is 6.08 Å². The molecule has 0 fully saturated rings. The average molecular weight is 388 g/mol. The molecular weight excluding hydrogens is 360 g/mol. The van der Waals surface area contributed by atoms with Crippen molar-refractivity contribution in [2.75, 3.05) is 6.61 Å². The largest absolute Gasteiger partial charge is 0.461 e. The lowest BCUT2D eigenvalue weighted by Gasteiger charge is -2.26. The van der Waals surface area contributed by atoms with Crippen LogP contribution >= 0.6 is 0 Å². The molecule has 0 radical (unpaired) electrons. The molecule has 1 heterocycles. The predicted molar refractivity (Wildman–Crippen MR) is 107 cm³/mol. The van der Waals surface area contributed by atoms with E-state index >= 15 is 0 Å². The van der Waals surface area contributed by atoms with Crippen molar-refractivity contribution in [3.63, 3.8) is 0 Å². The summed E-state index contributed by atoms with van der Waals surface area (Å²) >= 11 is 0. The first-order chi connectivity index (χ1) is 13.2. The van der Waals surface area contributed by atoms with E-state index in [2.05, 4.69) is 16.9 Å². The van der Waals surface area contributed by atoms with E-state index in [-0.39, 0.29) is 13.0 Å². The number of para-hydroxylation sites is 1. The maximum atomic E-state index is 12.2. The van der Waals surface area contributed by atoms with Crippen LogP contribution in [0.4, 0.5) is 4.79 Å². The fourth-order valence-electron chi connectivity index (χ4n) is 2.80. The van der Waals surface area contributed by atoms with E-state index in [9.17, 15) is 14.7 Å². The number of rotatable bonds is 8. The van der Waals surface area contributed by atoms with Gasteiger partial charge in [-0.1, -0.05) is 30.9 Å². The molecule has 0 saturated heterocycles. The van der Waals surface area contributed by atoms with Crippen molar-refractivity contribution in [1.82, 2.24) is 10.3 Å². The van der Waals surface area contributed by atoms with Gasteiger partial charge in [-0.15, -0.1) is 0 Å². The van der Waals surface area contributed by atoms with Gasteiger partial charge in [0.25, 0.3) is 0 Å². The van der Waals surface area contributed by atoms with Crippen molar-refractivity contribution in [3.05, 3.63) is 48.7 Å². The molecule has 0 aliphatic heterocycles. The maximum absolute atomic E-state index is 12.2. The second kappa shape index (κ2) is 9.41. The molecule has 1 aromatic heterocycles. The third kappa shape index (κ3) is 6.42. The van der Waals surface area contributed by atoms with Crippen molar-refractivity contribution in [2.24, 2.45) is 0 Å². The van der Waals surface area contributed by atoms with Gasteiger partial charge in [0.2, 0.25) is 0 Å². The Labute approximate surface area is 164 Å². The molecule has 0 aliphatic carbocycles. The number of aliphatic hydroxyl groups excluding tert-OH is 1. The molecule has 2 aromatic rings. The highest BCUT2D eigenvalue weighted by Gasteiger charge is 2.27. The van der Waals surface area contributed by atoms with Crippen molar-refractivity contribution in [1.29, 1.82) is 0 Å². The first kappa shape index (κ1) is 21.5. The van der Waals surface area contributed by atoms with Crippen LogP contribution in [0.3, 0.4) is 0 Å². The summed E-state index contributed by atoms with van der Waals surface area (Å²) in [4.78, 5) is 27.3. The number of carbonyl (C=O) groups excluding carboxylic acids is 2. The molecule has 0 unspecified atom stereocenters. The molecule has 1 aromatic carbocycles. The van der Waals surface area contributed by atoms with E-state index in [0.717, 1.165) is 16.5 Å². The van der Waals surface area contributed by atoms with Gasteiger partial charge in [-0.05, 0) is 38.8 Å². The molecule has 7 heteroatoms. The number of amides is 1. The van der Waals surface area contributed by atoms with Crippen LogP contribution in [-0.4, -0.2) is 46.5 Å².